The molecule has 2 aliphatic heterocycles. The molecular formula is C27H18N6O3S2. The number of thiophene rings is 1. The number of carbonyl (C=O) groups is 2. The predicted octanol–water partition coefficient (Wildman–Crippen LogP) is 5.06. The number of thiazole rings is 1. The standard InChI is InChI=1S/C27H18N6O3S2/c1-14(15-8-10-16(11-9-15)33-25(34)17-5-2-3-6-18(17)26(33)35)31-32-27-30-24-22(38-27)21(20-7-4-12-37-20)19(13-28)23(29)36-24/h2-12,21H,29H2,1H3,(H,30,32). The van der Waals surface area contributed by atoms with Gasteiger partial charge in [0, 0.05) is 4.88 Å². The number of benzene rings is 2. The topological polar surface area (TPSA) is 134 Å². The lowest BCUT2D eigenvalue weighted by Crippen LogP contribution is -2.29. The van der Waals surface area contributed by atoms with Crippen molar-refractivity contribution in [1.82, 2.24) is 4.98 Å². The number of nitrogens with two attached hydrogens (primary N) is 1. The molecule has 2 amide bonds. The number of hydrogen-bond donors (Lipinski definition) is 2. The lowest BCUT2D eigenvalue weighted by atomic mass is 9.95. The number of allylic oxidation sites excluding steroid dienone is 1. The van der Waals surface area contributed by atoms with Crippen molar-refractivity contribution in [3.8, 4) is 11.9 Å². The van der Waals surface area contributed by atoms with E-state index in [-0.39, 0.29) is 23.6 Å². The monoisotopic (exact) mass is 538 g/mol. The third-order valence-corrected chi connectivity index (χ3v) is 8.19. The van der Waals surface area contributed by atoms with Gasteiger partial charge >= 0.3 is 0 Å². The van der Waals surface area contributed by atoms with Crippen molar-refractivity contribution < 1.29 is 14.3 Å². The van der Waals surface area contributed by atoms with Gasteiger partial charge in [-0.2, -0.15) is 15.3 Å². The summed E-state index contributed by atoms with van der Waals surface area (Å²) < 4.78 is 5.63. The molecule has 2 aliphatic rings. The Hall–Kier alpha value is -4.79. The van der Waals surface area contributed by atoms with Crippen LogP contribution in [0.25, 0.3) is 0 Å². The summed E-state index contributed by atoms with van der Waals surface area (Å²) in [5.41, 5.74) is 12.1. The van der Waals surface area contributed by atoms with Gasteiger partial charge in [0.1, 0.15) is 11.6 Å². The molecule has 0 saturated carbocycles. The fourth-order valence-corrected chi connectivity index (χ4v) is 6.26. The van der Waals surface area contributed by atoms with Gasteiger partial charge in [-0.25, -0.2) is 4.90 Å². The van der Waals surface area contributed by atoms with Crippen LogP contribution in [0.15, 0.2) is 82.6 Å². The number of nitriles is 1. The Morgan fingerprint density at radius 1 is 1.11 bits per heavy atom. The molecule has 4 aromatic rings. The second kappa shape index (κ2) is 9.26. The zero-order valence-electron chi connectivity index (χ0n) is 19.8. The van der Waals surface area contributed by atoms with Crippen LogP contribution >= 0.6 is 22.7 Å². The summed E-state index contributed by atoms with van der Waals surface area (Å²) in [4.78, 5) is 32.9. The Morgan fingerprint density at radius 2 is 1.82 bits per heavy atom. The Morgan fingerprint density at radius 3 is 2.45 bits per heavy atom. The van der Waals surface area contributed by atoms with E-state index in [1.807, 2.05) is 24.4 Å². The van der Waals surface area contributed by atoms with Crippen LogP contribution in [0.2, 0.25) is 0 Å². The number of rotatable bonds is 5. The maximum absolute atomic E-state index is 12.8. The number of hydrogen-bond acceptors (Lipinski definition) is 10. The minimum Gasteiger partial charge on any atom is -0.421 e. The minimum atomic E-state index is -0.337. The number of hydrazone groups is 1. The molecule has 0 bridgehead atoms. The predicted molar refractivity (Wildman–Crippen MR) is 146 cm³/mol. The lowest BCUT2D eigenvalue weighted by molar-refractivity contribution is 0.0926. The first kappa shape index (κ1) is 23.6. The molecule has 186 valence electrons. The number of nitrogens with one attached hydrogen (secondary N) is 1. The number of anilines is 2. The zero-order chi connectivity index (χ0) is 26.4. The second-order valence-electron chi connectivity index (χ2n) is 8.48. The molecule has 0 spiro atoms. The highest BCUT2D eigenvalue weighted by atomic mass is 32.1. The summed E-state index contributed by atoms with van der Waals surface area (Å²) in [5.74, 6) is -0.609. The van der Waals surface area contributed by atoms with Crippen LogP contribution in [0, 0.1) is 11.3 Å². The van der Waals surface area contributed by atoms with Crippen LogP contribution in [-0.2, 0) is 0 Å². The van der Waals surface area contributed by atoms with Gasteiger partial charge in [-0.3, -0.25) is 15.0 Å². The molecule has 38 heavy (non-hydrogen) atoms. The molecule has 2 aromatic carbocycles. The van der Waals surface area contributed by atoms with E-state index < -0.39 is 0 Å². The molecule has 0 aliphatic carbocycles. The number of aromatic nitrogens is 1. The summed E-state index contributed by atoms with van der Waals surface area (Å²) in [7, 11) is 0. The van der Waals surface area contributed by atoms with Crippen LogP contribution < -0.4 is 20.8 Å². The Bertz CT molecular complexity index is 1660. The summed E-state index contributed by atoms with van der Waals surface area (Å²) in [5, 5.41) is 16.6. The normalized spacial score (nSPS) is 16.7. The fourth-order valence-electron chi connectivity index (χ4n) is 4.37. The van der Waals surface area contributed by atoms with Gasteiger partial charge in [-0.05, 0) is 48.2 Å². The summed E-state index contributed by atoms with van der Waals surface area (Å²) >= 11 is 2.88. The SMILES string of the molecule is CC(=NNc1nc2c(s1)C(c1cccs1)C(C#N)=C(N)O2)c1ccc(N2C(=O)c3ccccc3C2=O)cc1. The van der Waals surface area contributed by atoms with Gasteiger partial charge < -0.3 is 10.5 Å². The molecule has 6 rings (SSSR count). The molecule has 2 aromatic heterocycles. The lowest BCUT2D eigenvalue weighted by Gasteiger charge is -2.20. The van der Waals surface area contributed by atoms with E-state index >= 15 is 0 Å². The van der Waals surface area contributed by atoms with Crippen molar-refractivity contribution >= 4 is 51.0 Å². The van der Waals surface area contributed by atoms with E-state index in [0.717, 1.165) is 15.3 Å². The van der Waals surface area contributed by atoms with Crippen LogP contribution in [0.3, 0.4) is 0 Å². The molecule has 1 atom stereocenters. The quantitative estimate of drug-likeness (QED) is 0.206. The van der Waals surface area contributed by atoms with E-state index in [4.69, 9.17) is 10.5 Å². The molecule has 0 radical (unpaired) electrons. The van der Waals surface area contributed by atoms with Gasteiger partial charge in [0.05, 0.1) is 33.3 Å². The second-order valence-corrected chi connectivity index (χ2v) is 10.5. The highest BCUT2D eigenvalue weighted by Gasteiger charge is 2.36. The van der Waals surface area contributed by atoms with Gasteiger partial charge in [0.15, 0.2) is 0 Å². The van der Waals surface area contributed by atoms with Crippen LogP contribution in [0.5, 0.6) is 5.88 Å². The summed E-state index contributed by atoms with van der Waals surface area (Å²) in [6.45, 7) is 1.83. The largest absolute Gasteiger partial charge is 0.421 e. The number of amides is 2. The molecule has 0 saturated heterocycles. The van der Waals surface area contributed by atoms with Crippen LogP contribution in [-0.4, -0.2) is 22.5 Å². The molecule has 3 N–H and O–H groups in total. The molecule has 0 fully saturated rings. The maximum atomic E-state index is 12.8. The van der Waals surface area contributed by atoms with Crippen LogP contribution in [0.1, 0.15) is 48.9 Å². The molecule has 4 heterocycles. The highest BCUT2D eigenvalue weighted by molar-refractivity contribution is 7.16. The molecular weight excluding hydrogens is 520 g/mol. The average Bonchev–Trinajstić information content (AvgIpc) is 3.66. The van der Waals surface area contributed by atoms with E-state index in [0.29, 0.717) is 39.1 Å². The number of imide groups is 1. The number of ether oxygens (including phenoxy) is 1. The van der Waals surface area contributed by atoms with Gasteiger partial charge in [-0.1, -0.05) is 41.7 Å². The van der Waals surface area contributed by atoms with Gasteiger partial charge in [-0.15, -0.1) is 11.3 Å². The average molecular weight is 539 g/mol. The van der Waals surface area contributed by atoms with Crippen molar-refractivity contribution in [1.29, 1.82) is 5.26 Å². The smallest absolute Gasteiger partial charge is 0.266 e. The van der Waals surface area contributed by atoms with Gasteiger partial charge in [0.25, 0.3) is 11.8 Å². The first-order valence-corrected chi connectivity index (χ1v) is 13.2. The number of carbonyl (C=O) groups excluding carboxylic acids is 2. The van der Waals surface area contributed by atoms with E-state index in [9.17, 15) is 14.9 Å². The first-order valence-electron chi connectivity index (χ1n) is 11.5. The van der Waals surface area contributed by atoms with E-state index in [1.54, 1.807) is 48.5 Å². The minimum absolute atomic E-state index is 0.0492. The Balaban J connectivity index is 1.21. The maximum Gasteiger partial charge on any atom is 0.266 e. The summed E-state index contributed by atoms with van der Waals surface area (Å²) in [6.07, 6.45) is 0. The van der Waals surface area contributed by atoms with Crippen LogP contribution in [0.4, 0.5) is 10.8 Å². The summed E-state index contributed by atoms with van der Waals surface area (Å²) in [6, 6.07) is 19.9. The zero-order valence-corrected chi connectivity index (χ0v) is 21.5. The van der Waals surface area contributed by atoms with Crippen molar-refractivity contribution in [2.24, 2.45) is 10.8 Å². The highest BCUT2D eigenvalue weighted by Crippen LogP contribution is 2.47. The fraction of sp³-hybridized carbons (Fsp3) is 0.0741. The van der Waals surface area contributed by atoms with Gasteiger partial charge in [0.2, 0.25) is 16.9 Å². The number of fused-ring (bicyclic) bond motifs is 2. The first-order chi connectivity index (χ1) is 18.5. The third kappa shape index (κ3) is 3.83. The Labute approximate surface area is 225 Å². The number of nitrogens with zero attached hydrogens (tertiary/aromatic N) is 4. The molecule has 9 nitrogen and oxygen atoms in total. The third-order valence-electron chi connectivity index (χ3n) is 6.25. The molecule has 1 unspecified atom stereocenters. The van der Waals surface area contributed by atoms with Crippen molar-refractivity contribution in [2.75, 3.05) is 10.3 Å². The van der Waals surface area contributed by atoms with Crippen molar-refractivity contribution in [3.63, 3.8) is 0 Å². The molecule has 11 heteroatoms. The van der Waals surface area contributed by atoms with Crippen molar-refractivity contribution in [2.45, 2.75) is 12.8 Å². The van der Waals surface area contributed by atoms with Crippen molar-refractivity contribution in [3.05, 3.63) is 104 Å². The van der Waals surface area contributed by atoms with E-state index in [1.165, 1.54) is 27.6 Å². The van der Waals surface area contributed by atoms with E-state index in [2.05, 4.69) is 21.6 Å². The Kier molecular flexibility index (Phi) is 5.75.